The Kier molecular flexibility index (Phi) is 5.82. The predicted octanol–water partition coefficient (Wildman–Crippen LogP) is -0.0449. The molecule has 0 saturated carbocycles. The third kappa shape index (κ3) is 4.13. The largest absolute Gasteiger partial charge is 0.384 e. The molecule has 18 heavy (non-hydrogen) atoms. The van der Waals surface area contributed by atoms with E-state index in [-0.39, 0.29) is 18.0 Å². The van der Waals surface area contributed by atoms with Crippen LogP contribution in [-0.4, -0.2) is 40.4 Å². The van der Waals surface area contributed by atoms with Crippen molar-refractivity contribution in [2.75, 3.05) is 26.9 Å². The number of rotatable bonds is 5. The summed E-state index contributed by atoms with van der Waals surface area (Å²) in [5, 5.41) is 8.64. The molecule has 1 aromatic rings. The van der Waals surface area contributed by atoms with Crippen LogP contribution in [0.2, 0.25) is 0 Å². The van der Waals surface area contributed by atoms with Gasteiger partial charge in [-0.1, -0.05) is 24.0 Å². The van der Waals surface area contributed by atoms with Crippen molar-refractivity contribution in [1.82, 2.24) is 4.72 Å². The first-order valence-electron chi connectivity index (χ1n) is 5.29. The Bertz CT molecular complexity index is 543. The molecule has 0 aliphatic heterocycles. The third-order valence-electron chi connectivity index (χ3n) is 2.08. The van der Waals surface area contributed by atoms with Crippen molar-refractivity contribution in [3.8, 4) is 11.8 Å². The zero-order chi connectivity index (χ0) is 13.4. The van der Waals surface area contributed by atoms with Crippen molar-refractivity contribution >= 4 is 10.0 Å². The second kappa shape index (κ2) is 7.13. The average Bonchev–Trinajstić information content (AvgIpc) is 2.37. The number of aliphatic hydroxyl groups excluding tert-OH is 1. The summed E-state index contributed by atoms with van der Waals surface area (Å²) in [5.41, 5.74) is 0.358. The van der Waals surface area contributed by atoms with Crippen molar-refractivity contribution < 1.29 is 18.3 Å². The number of aliphatic hydroxyl groups is 1. The van der Waals surface area contributed by atoms with Gasteiger partial charge in [-0.15, -0.1) is 0 Å². The van der Waals surface area contributed by atoms with E-state index in [0.29, 0.717) is 12.2 Å². The Labute approximate surface area is 107 Å². The van der Waals surface area contributed by atoms with Crippen LogP contribution in [-0.2, 0) is 14.8 Å². The van der Waals surface area contributed by atoms with Crippen LogP contribution < -0.4 is 4.72 Å². The molecule has 0 aliphatic rings. The molecule has 5 nitrogen and oxygen atoms in total. The van der Waals surface area contributed by atoms with Crippen LogP contribution in [0.3, 0.4) is 0 Å². The summed E-state index contributed by atoms with van der Waals surface area (Å²) >= 11 is 0. The van der Waals surface area contributed by atoms with Gasteiger partial charge in [0.1, 0.15) is 6.61 Å². The fourth-order valence-corrected chi connectivity index (χ4v) is 2.47. The summed E-state index contributed by atoms with van der Waals surface area (Å²) < 4.78 is 31.2. The van der Waals surface area contributed by atoms with Crippen LogP contribution in [0.1, 0.15) is 5.56 Å². The lowest BCUT2D eigenvalue weighted by Gasteiger charge is -2.07. The van der Waals surface area contributed by atoms with Gasteiger partial charge in [0, 0.05) is 19.2 Å². The lowest BCUT2D eigenvalue weighted by atomic mass is 10.2. The molecule has 0 aromatic heterocycles. The quantitative estimate of drug-likeness (QED) is 0.581. The van der Waals surface area contributed by atoms with Crippen molar-refractivity contribution in [2.45, 2.75) is 4.90 Å². The summed E-state index contributed by atoms with van der Waals surface area (Å²) in [5.74, 6) is 5.04. The molecule has 0 radical (unpaired) electrons. The molecular formula is C12H15NO4S. The molecule has 0 atom stereocenters. The van der Waals surface area contributed by atoms with E-state index < -0.39 is 10.0 Å². The Morgan fingerprint density at radius 3 is 2.78 bits per heavy atom. The normalized spacial score (nSPS) is 10.8. The number of methoxy groups -OCH3 is 1. The fraction of sp³-hybridized carbons (Fsp3) is 0.333. The van der Waals surface area contributed by atoms with Crippen molar-refractivity contribution in [1.29, 1.82) is 0 Å². The van der Waals surface area contributed by atoms with E-state index in [4.69, 9.17) is 9.84 Å². The average molecular weight is 269 g/mol. The molecule has 98 valence electrons. The minimum absolute atomic E-state index is 0.0991. The Morgan fingerprint density at radius 1 is 1.39 bits per heavy atom. The van der Waals surface area contributed by atoms with Crippen LogP contribution in [0, 0.1) is 11.8 Å². The topological polar surface area (TPSA) is 75.6 Å². The molecule has 1 rings (SSSR count). The SMILES string of the molecule is COCCNS(=O)(=O)c1ccccc1C#CCO. The summed E-state index contributed by atoms with van der Waals surface area (Å²) in [4.78, 5) is 0.0991. The lowest BCUT2D eigenvalue weighted by Crippen LogP contribution is -2.27. The molecule has 1 aromatic carbocycles. The van der Waals surface area contributed by atoms with Gasteiger partial charge in [0.2, 0.25) is 10.0 Å². The third-order valence-corrected chi connectivity index (χ3v) is 3.60. The first kappa shape index (κ1) is 14.7. The standard InChI is InChI=1S/C12H15NO4S/c1-17-10-8-13-18(15,16)12-7-3-2-5-11(12)6-4-9-14/h2-3,5,7,13-14H,8-10H2,1H3. The molecule has 0 fully saturated rings. The lowest BCUT2D eigenvalue weighted by molar-refractivity contribution is 0.204. The highest BCUT2D eigenvalue weighted by Crippen LogP contribution is 2.13. The van der Waals surface area contributed by atoms with Crippen LogP contribution in [0.25, 0.3) is 0 Å². The fourth-order valence-electron chi connectivity index (χ4n) is 1.29. The molecule has 0 aliphatic carbocycles. The molecule has 0 saturated heterocycles. The Balaban J connectivity index is 3.01. The second-order valence-electron chi connectivity index (χ2n) is 3.35. The highest BCUT2D eigenvalue weighted by atomic mass is 32.2. The summed E-state index contributed by atoms with van der Waals surface area (Å²) in [7, 11) is -2.11. The van der Waals surface area contributed by atoms with E-state index in [1.54, 1.807) is 18.2 Å². The summed E-state index contributed by atoms with van der Waals surface area (Å²) in [6, 6.07) is 6.37. The van der Waals surface area contributed by atoms with Gasteiger partial charge in [-0.3, -0.25) is 0 Å². The van der Waals surface area contributed by atoms with Crippen LogP contribution >= 0.6 is 0 Å². The van der Waals surface area contributed by atoms with E-state index in [1.807, 2.05) is 0 Å². The van der Waals surface area contributed by atoms with Gasteiger partial charge < -0.3 is 9.84 Å². The van der Waals surface area contributed by atoms with Crippen molar-refractivity contribution in [3.05, 3.63) is 29.8 Å². The van der Waals surface area contributed by atoms with Crippen molar-refractivity contribution in [2.24, 2.45) is 0 Å². The van der Waals surface area contributed by atoms with Gasteiger partial charge in [0.15, 0.2) is 0 Å². The molecule has 0 spiro atoms. The minimum atomic E-state index is -3.61. The number of ether oxygens (including phenoxy) is 1. The van der Waals surface area contributed by atoms with Crippen LogP contribution in [0.4, 0.5) is 0 Å². The maximum atomic E-state index is 12.0. The first-order valence-corrected chi connectivity index (χ1v) is 6.77. The Hall–Kier alpha value is -1.39. The zero-order valence-corrected chi connectivity index (χ0v) is 10.8. The van der Waals surface area contributed by atoms with Crippen molar-refractivity contribution in [3.63, 3.8) is 0 Å². The number of benzene rings is 1. The molecule has 0 unspecified atom stereocenters. The number of hydrogen-bond donors (Lipinski definition) is 2. The molecule has 0 heterocycles. The molecular weight excluding hydrogens is 254 g/mol. The second-order valence-corrected chi connectivity index (χ2v) is 5.08. The smallest absolute Gasteiger partial charge is 0.241 e. The van der Waals surface area contributed by atoms with Gasteiger partial charge >= 0.3 is 0 Å². The summed E-state index contributed by atoms with van der Waals surface area (Å²) in [6.07, 6.45) is 0. The molecule has 0 bridgehead atoms. The highest BCUT2D eigenvalue weighted by Gasteiger charge is 2.16. The van der Waals surface area contributed by atoms with E-state index in [0.717, 1.165) is 0 Å². The number of nitrogens with one attached hydrogen (secondary N) is 1. The molecule has 6 heteroatoms. The van der Waals surface area contributed by atoms with E-state index in [1.165, 1.54) is 13.2 Å². The number of hydrogen-bond acceptors (Lipinski definition) is 4. The van der Waals surface area contributed by atoms with Gasteiger partial charge in [-0.05, 0) is 12.1 Å². The van der Waals surface area contributed by atoms with Gasteiger partial charge in [-0.25, -0.2) is 13.1 Å². The summed E-state index contributed by atoms with van der Waals surface area (Å²) in [6.45, 7) is 0.176. The zero-order valence-electron chi connectivity index (χ0n) is 10.0. The molecule has 2 N–H and O–H groups in total. The van der Waals surface area contributed by atoms with Gasteiger partial charge in [-0.2, -0.15) is 0 Å². The van der Waals surface area contributed by atoms with Crippen LogP contribution in [0.5, 0.6) is 0 Å². The first-order chi connectivity index (χ1) is 8.61. The maximum Gasteiger partial charge on any atom is 0.241 e. The molecule has 0 amide bonds. The van der Waals surface area contributed by atoms with E-state index in [9.17, 15) is 8.42 Å². The van der Waals surface area contributed by atoms with E-state index in [2.05, 4.69) is 16.6 Å². The van der Waals surface area contributed by atoms with Crippen LogP contribution in [0.15, 0.2) is 29.2 Å². The minimum Gasteiger partial charge on any atom is -0.384 e. The Morgan fingerprint density at radius 2 is 2.11 bits per heavy atom. The van der Waals surface area contributed by atoms with Gasteiger partial charge in [0.05, 0.1) is 11.5 Å². The number of sulfonamides is 1. The van der Waals surface area contributed by atoms with Gasteiger partial charge in [0.25, 0.3) is 0 Å². The predicted molar refractivity (Wildman–Crippen MR) is 67.5 cm³/mol. The highest BCUT2D eigenvalue weighted by molar-refractivity contribution is 7.89. The maximum absolute atomic E-state index is 12.0. The monoisotopic (exact) mass is 269 g/mol. The van der Waals surface area contributed by atoms with E-state index >= 15 is 0 Å².